The fourth-order valence-electron chi connectivity index (χ4n) is 6.31. The Morgan fingerprint density at radius 2 is 0.800 bits per heavy atom. The molecule has 0 aliphatic heterocycles. The highest BCUT2D eigenvalue weighted by Crippen LogP contribution is 2.10. The maximum absolute atomic E-state index is 2.34. The molecule has 226 valence electrons. The van der Waals surface area contributed by atoms with Gasteiger partial charge in [-0.05, 0) is 49.6 Å². The molecule has 0 aromatic heterocycles. The van der Waals surface area contributed by atoms with Crippen LogP contribution < -0.4 is 43.1 Å². The van der Waals surface area contributed by atoms with Crippen molar-refractivity contribution in [3.8, 4) is 0 Å². The molecule has 0 nitrogen and oxygen atoms in total. The molecule has 0 unspecified atom stereocenters. The van der Waals surface area contributed by atoms with Crippen LogP contribution in [0, 0.1) is 14.1 Å². The molecule has 0 heterocycles. The molecule has 6 aromatic rings. The third-order valence-electron chi connectivity index (χ3n) is 8.66. The van der Waals surface area contributed by atoms with E-state index in [1.807, 2.05) is 0 Å². The summed E-state index contributed by atoms with van der Waals surface area (Å²) >= 11 is -0.0164. The summed E-state index contributed by atoms with van der Waals surface area (Å²) < 4.78 is 3.02. The van der Waals surface area contributed by atoms with Gasteiger partial charge in [0.25, 0.3) is 0 Å². The average Bonchev–Trinajstić information content (AvgIpc) is 3.11. The van der Waals surface area contributed by atoms with Crippen LogP contribution in [0.2, 0.25) is 0 Å². The van der Waals surface area contributed by atoms with Gasteiger partial charge in [-0.25, -0.2) is 0 Å². The van der Waals surface area contributed by atoms with E-state index < -0.39 is 6.15 Å². The highest BCUT2D eigenvalue weighted by atomic mass is 127. The van der Waals surface area contributed by atoms with Gasteiger partial charge in [0.15, 0.2) is 7.14 Å². The Morgan fingerprint density at radius 3 is 1.18 bits per heavy atom. The van der Waals surface area contributed by atoms with E-state index >= 15 is 0 Å². The second-order valence-corrected chi connectivity index (χ2v) is 14.9. The first-order valence-electron chi connectivity index (χ1n) is 16.4. The Balaban J connectivity index is 0.000000183. The van der Waals surface area contributed by atoms with Gasteiger partial charge in [-0.15, -0.1) is 0 Å². The van der Waals surface area contributed by atoms with E-state index in [9.17, 15) is 0 Å². The molecule has 45 heavy (non-hydrogen) atoms. The molecule has 0 aliphatic rings. The smallest absolute Gasteiger partial charge is 0.195 e. The molecule has 0 spiro atoms. The van der Waals surface area contributed by atoms with Crippen molar-refractivity contribution >= 4 is 28.0 Å². The second kappa shape index (κ2) is 17.0. The molecule has 0 radical (unpaired) electrons. The molecule has 0 saturated heterocycles. The van der Waals surface area contributed by atoms with E-state index in [1.54, 1.807) is 0 Å². The molecule has 0 fully saturated rings. The molecule has 6 aromatic carbocycles. The lowest BCUT2D eigenvalue weighted by Gasteiger charge is -2.44. The van der Waals surface area contributed by atoms with E-state index in [1.165, 1.54) is 72.2 Å². The van der Waals surface area contributed by atoms with Crippen molar-refractivity contribution in [3.05, 3.63) is 188 Å². The normalized spacial score (nSPS) is 11.0. The maximum atomic E-state index is 2.34. The van der Waals surface area contributed by atoms with E-state index in [2.05, 4.69) is 184 Å². The van der Waals surface area contributed by atoms with Gasteiger partial charge >= 0.3 is 21.2 Å². The molecular weight excluding hydrogens is 654 g/mol. The number of hydrogen-bond acceptors (Lipinski definition) is 0. The second-order valence-electron chi connectivity index (χ2n) is 11.8. The first-order chi connectivity index (χ1) is 22.2. The number of unbranched alkanes of at least 4 members (excludes halogenated alkanes) is 3. The summed E-state index contributed by atoms with van der Waals surface area (Å²) in [5.74, 6) is 0. The first kappa shape index (κ1) is 32.5. The molecule has 2 heteroatoms. The van der Waals surface area contributed by atoms with E-state index in [0.717, 1.165) is 0 Å². The van der Waals surface area contributed by atoms with Gasteiger partial charge in [-0.1, -0.05) is 177 Å². The van der Waals surface area contributed by atoms with Crippen molar-refractivity contribution in [2.24, 2.45) is 0 Å². The number of aryl methyl sites for hydroxylation is 2. The van der Waals surface area contributed by atoms with E-state index in [0.29, 0.717) is 0 Å². The van der Waals surface area contributed by atoms with Crippen molar-refractivity contribution in [1.29, 1.82) is 0 Å². The summed E-state index contributed by atoms with van der Waals surface area (Å²) in [4.78, 5) is 0. The highest BCUT2D eigenvalue weighted by molar-refractivity contribution is 7.19. The van der Waals surface area contributed by atoms with Crippen LogP contribution >= 0.6 is 0 Å². The Morgan fingerprint density at radius 1 is 0.422 bits per heavy atom. The Hall–Kier alpha value is -3.89. The molecule has 0 saturated carbocycles. The summed E-state index contributed by atoms with van der Waals surface area (Å²) in [6.07, 6.45) is 5.42. The van der Waals surface area contributed by atoms with Crippen LogP contribution in [0.3, 0.4) is 0 Å². The van der Waals surface area contributed by atoms with Gasteiger partial charge in [0.1, 0.15) is 6.15 Å². The van der Waals surface area contributed by atoms with Crippen LogP contribution in [-0.4, -0.2) is 6.15 Å². The van der Waals surface area contributed by atoms with Gasteiger partial charge < -0.3 is 0 Å². The van der Waals surface area contributed by atoms with Crippen LogP contribution in [0.25, 0.3) is 0 Å². The first-order valence-corrected chi connectivity index (χ1v) is 18.5. The van der Waals surface area contributed by atoms with Gasteiger partial charge in [-0.2, -0.15) is 21.9 Å². The highest BCUT2D eigenvalue weighted by Gasteiger charge is 2.31. The number of benzene rings is 6. The molecule has 0 aliphatic carbocycles. The third kappa shape index (κ3) is 8.64. The Labute approximate surface area is 281 Å². The van der Waals surface area contributed by atoms with Crippen molar-refractivity contribution in [2.75, 3.05) is 0 Å². The molecule has 0 N–H and O–H groups in total. The summed E-state index contributed by atoms with van der Waals surface area (Å²) in [5.41, 5.74) is 8.20. The van der Waals surface area contributed by atoms with E-state index in [-0.39, 0.29) is 21.2 Å². The summed E-state index contributed by atoms with van der Waals surface area (Å²) in [7, 11) is 0. The van der Waals surface area contributed by atoms with Crippen LogP contribution in [0.15, 0.2) is 170 Å². The lowest BCUT2D eigenvalue weighted by atomic mass is 9.13. The van der Waals surface area contributed by atoms with Crippen LogP contribution in [0.5, 0.6) is 0 Å². The molecule has 0 bridgehead atoms. The predicted molar refractivity (Wildman–Crippen MR) is 193 cm³/mol. The lowest BCUT2D eigenvalue weighted by Crippen LogP contribution is -3.61. The Kier molecular flexibility index (Phi) is 12.3. The van der Waals surface area contributed by atoms with Gasteiger partial charge in [0, 0.05) is 0 Å². The van der Waals surface area contributed by atoms with Crippen molar-refractivity contribution in [2.45, 2.75) is 46.0 Å². The topological polar surface area (TPSA) is 0 Å². The molecule has 0 atom stereocenters. The Bertz CT molecular complexity index is 1500. The van der Waals surface area contributed by atoms with Crippen LogP contribution in [0.4, 0.5) is 0 Å². The van der Waals surface area contributed by atoms with Crippen molar-refractivity contribution in [1.82, 2.24) is 0 Å². The fraction of sp³-hybridized carbons (Fsp3) is 0.163. The summed E-state index contributed by atoms with van der Waals surface area (Å²) in [6, 6.07) is 61.9. The minimum absolute atomic E-state index is 0.0164. The minimum atomic E-state index is -1.22. The zero-order valence-electron chi connectivity index (χ0n) is 26.7. The van der Waals surface area contributed by atoms with Crippen LogP contribution in [-0.2, 0) is 6.42 Å². The van der Waals surface area contributed by atoms with Crippen molar-refractivity contribution < 1.29 is 21.2 Å². The standard InChI is InChI=1S/C24H20B.C19H24I/c1-5-13-21(14-6-1)25(22-15-7-2-8-16-22,23-17-9-3-10-18-23)24-19-11-4-12-20-24;1-3-4-5-6-7-17-10-14-19(15-11-17)20-18-12-8-16(2)9-13-18/h1-20H;8-15H,3-7H2,1-2H3/q-1;+1. The number of halogens is 1. The zero-order valence-corrected chi connectivity index (χ0v) is 28.8. The quantitative estimate of drug-likeness (QED) is 0.0979. The maximum Gasteiger partial charge on any atom is 0.357 e. The molecule has 6 rings (SSSR count). The third-order valence-corrected chi connectivity index (χ3v) is 11.3. The fourth-order valence-corrected chi connectivity index (χ4v) is 8.47. The summed E-state index contributed by atoms with van der Waals surface area (Å²) in [5, 5.41) is 0. The predicted octanol–water partition coefficient (Wildman–Crippen LogP) is 5.31. The number of rotatable bonds is 11. The molecular formula is C43H44BI. The largest absolute Gasteiger partial charge is 0.357 e. The zero-order chi connectivity index (χ0) is 31.2. The van der Waals surface area contributed by atoms with E-state index in [4.69, 9.17) is 0 Å². The monoisotopic (exact) mass is 698 g/mol. The summed E-state index contributed by atoms with van der Waals surface area (Å²) in [6.45, 7) is 4.42. The van der Waals surface area contributed by atoms with Gasteiger partial charge in [0.05, 0.1) is 0 Å². The SMILES string of the molecule is CCCCCCc1ccc([I+]c2ccc(C)cc2)cc1.c1ccc([B-](c2ccccc2)(c2ccccc2)c2ccccc2)cc1. The van der Waals surface area contributed by atoms with Crippen molar-refractivity contribution in [3.63, 3.8) is 0 Å². The molecule has 0 amide bonds. The number of hydrogen-bond donors (Lipinski definition) is 0. The minimum Gasteiger partial charge on any atom is -0.195 e. The lowest BCUT2D eigenvalue weighted by molar-refractivity contribution is -0.597. The van der Waals surface area contributed by atoms with Gasteiger partial charge in [-0.3, -0.25) is 0 Å². The van der Waals surface area contributed by atoms with Crippen LogP contribution in [0.1, 0.15) is 43.7 Å². The average molecular weight is 699 g/mol. The van der Waals surface area contributed by atoms with Gasteiger partial charge in [0.2, 0.25) is 0 Å².